The van der Waals surface area contributed by atoms with Crippen LogP contribution in [0.4, 0.5) is 0 Å². The maximum atomic E-state index is 9.21. The second kappa shape index (κ2) is 7.98. The first-order chi connectivity index (χ1) is 10.7. The van der Waals surface area contributed by atoms with E-state index in [-0.39, 0.29) is 6.04 Å². The molecule has 0 bridgehead atoms. The van der Waals surface area contributed by atoms with Crippen molar-refractivity contribution in [3.05, 3.63) is 71.8 Å². The first-order valence-corrected chi connectivity index (χ1v) is 7.32. The summed E-state index contributed by atoms with van der Waals surface area (Å²) >= 11 is 0. The Hall–Kier alpha value is -2.62. The van der Waals surface area contributed by atoms with Gasteiger partial charge in [0.25, 0.3) is 0 Å². The summed E-state index contributed by atoms with van der Waals surface area (Å²) in [7, 11) is 0. The van der Waals surface area contributed by atoms with Gasteiger partial charge in [0.05, 0.1) is 11.4 Å². The van der Waals surface area contributed by atoms with E-state index in [2.05, 4.69) is 15.7 Å². The predicted molar refractivity (Wildman–Crippen MR) is 90.6 cm³/mol. The Labute approximate surface area is 131 Å². The van der Waals surface area contributed by atoms with Gasteiger partial charge < -0.3 is 10.6 Å². The summed E-state index contributed by atoms with van der Waals surface area (Å²) in [5, 5.41) is 17.0. The van der Waals surface area contributed by atoms with E-state index >= 15 is 0 Å². The molecule has 1 unspecified atom stereocenters. The van der Waals surface area contributed by atoms with Gasteiger partial charge in [-0.25, -0.2) is 0 Å². The molecule has 114 valence electrons. The summed E-state index contributed by atoms with van der Waals surface area (Å²) < 4.78 is 0. The average molecular weight is 295 g/mol. The van der Waals surface area contributed by atoms with Crippen molar-refractivity contribution in [3.63, 3.8) is 0 Å². The number of oxime groups is 1. The highest BCUT2D eigenvalue weighted by molar-refractivity contribution is 6.00. The fraction of sp³-hybridized carbons (Fsp3) is 0.222. The van der Waals surface area contributed by atoms with Gasteiger partial charge in [-0.15, -0.1) is 0 Å². The lowest BCUT2D eigenvalue weighted by molar-refractivity contribution is 0.317. The fourth-order valence-corrected chi connectivity index (χ4v) is 2.13. The Kier molecular flexibility index (Phi) is 5.72. The van der Waals surface area contributed by atoms with E-state index in [9.17, 15) is 5.21 Å². The van der Waals surface area contributed by atoms with Gasteiger partial charge >= 0.3 is 0 Å². The number of nitrogens with one attached hydrogen (secondary N) is 1. The third-order valence-electron chi connectivity index (χ3n) is 3.37. The summed E-state index contributed by atoms with van der Waals surface area (Å²) in [6.07, 6.45) is 0.589. The standard InChI is InChI=1S/C18H21N3O/c1-14(13-18(21-22)17-11-7-4-8-12-17)19-20-15(2)16-9-5-3-6-10-16/h3-12,14,19,22H,13H2,1-2H3/b20-15-,21-18-. The van der Waals surface area contributed by atoms with E-state index in [0.717, 1.165) is 16.8 Å². The van der Waals surface area contributed by atoms with Crippen molar-refractivity contribution >= 4 is 11.4 Å². The normalized spacial score (nSPS) is 13.7. The van der Waals surface area contributed by atoms with Crippen molar-refractivity contribution in [1.29, 1.82) is 0 Å². The van der Waals surface area contributed by atoms with Gasteiger partial charge in [-0.05, 0) is 25.0 Å². The average Bonchev–Trinajstić information content (AvgIpc) is 2.59. The lowest BCUT2D eigenvalue weighted by Gasteiger charge is -2.13. The minimum absolute atomic E-state index is 0.0600. The molecule has 0 saturated heterocycles. The monoisotopic (exact) mass is 295 g/mol. The molecule has 0 radical (unpaired) electrons. The first-order valence-electron chi connectivity index (χ1n) is 7.32. The van der Waals surface area contributed by atoms with Crippen molar-refractivity contribution in [3.8, 4) is 0 Å². The summed E-state index contributed by atoms with van der Waals surface area (Å²) in [5.41, 5.74) is 6.69. The van der Waals surface area contributed by atoms with Gasteiger partial charge in [0, 0.05) is 12.5 Å². The lowest BCUT2D eigenvalue weighted by Crippen LogP contribution is -2.25. The van der Waals surface area contributed by atoms with Gasteiger partial charge in [-0.2, -0.15) is 5.10 Å². The van der Waals surface area contributed by atoms with Crippen LogP contribution >= 0.6 is 0 Å². The molecule has 0 saturated carbocycles. The van der Waals surface area contributed by atoms with E-state index in [4.69, 9.17) is 0 Å². The predicted octanol–water partition coefficient (Wildman–Crippen LogP) is 3.66. The zero-order valence-corrected chi connectivity index (χ0v) is 12.9. The maximum absolute atomic E-state index is 9.21. The highest BCUT2D eigenvalue weighted by Crippen LogP contribution is 2.07. The fourth-order valence-electron chi connectivity index (χ4n) is 2.13. The quantitative estimate of drug-likeness (QED) is 0.485. The summed E-state index contributed by atoms with van der Waals surface area (Å²) in [6, 6.07) is 19.7. The van der Waals surface area contributed by atoms with E-state index < -0.39 is 0 Å². The number of hydrogen-bond donors (Lipinski definition) is 2. The molecule has 0 aliphatic rings. The van der Waals surface area contributed by atoms with E-state index in [1.54, 1.807) is 0 Å². The smallest absolute Gasteiger partial charge is 0.0888 e. The summed E-state index contributed by atoms with van der Waals surface area (Å²) in [4.78, 5) is 0. The molecule has 0 aliphatic carbocycles. The van der Waals surface area contributed by atoms with Gasteiger partial charge in [-0.3, -0.25) is 0 Å². The SMILES string of the molecule is C/C(=N/NC(C)C/C(=N/O)c1ccccc1)c1ccccc1. The summed E-state index contributed by atoms with van der Waals surface area (Å²) in [6.45, 7) is 3.98. The molecule has 4 nitrogen and oxygen atoms in total. The Morgan fingerprint density at radius 1 is 1.00 bits per heavy atom. The maximum Gasteiger partial charge on any atom is 0.0888 e. The van der Waals surface area contributed by atoms with Crippen LogP contribution in [-0.2, 0) is 0 Å². The zero-order chi connectivity index (χ0) is 15.8. The molecule has 0 amide bonds. The minimum Gasteiger partial charge on any atom is -0.411 e. The van der Waals surface area contributed by atoms with Crippen LogP contribution in [0.15, 0.2) is 70.9 Å². The van der Waals surface area contributed by atoms with Crippen LogP contribution in [0.2, 0.25) is 0 Å². The van der Waals surface area contributed by atoms with Crippen LogP contribution in [0.1, 0.15) is 31.4 Å². The Balaban J connectivity index is 1.96. The van der Waals surface area contributed by atoms with Crippen molar-refractivity contribution in [2.75, 3.05) is 0 Å². The minimum atomic E-state index is 0.0600. The Morgan fingerprint density at radius 2 is 1.55 bits per heavy atom. The highest BCUT2D eigenvalue weighted by Gasteiger charge is 2.09. The molecule has 2 aromatic carbocycles. The van der Waals surface area contributed by atoms with Crippen molar-refractivity contribution < 1.29 is 5.21 Å². The number of benzene rings is 2. The third-order valence-corrected chi connectivity index (χ3v) is 3.37. The molecule has 2 rings (SSSR count). The van der Waals surface area contributed by atoms with Crippen LogP contribution in [0, 0.1) is 0 Å². The molecular formula is C18H21N3O. The number of nitrogens with zero attached hydrogens (tertiary/aromatic N) is 2. The van der Waals surface area contributed by atoms with Gasteiger partial charge in [0.2, 0.25) is 0 Å². The van der Waals surface area contributed by atoms with Crippen molar-refractivity contribution in [2.45, 2.75) is 26.3 Å². The Bertz CT molecular complexity index is 636. The molecule has 2 N–H and O–H groups in total. The summed E-state index contributed by atoms with van der Waals surface area (Å²) in [5.74, 6) is 0. The molecule has 0 fully saturated rings. The molecule has 0 aromatic heterocycles. The Morgan fingerprint density at radius 3 is 2.09 bits per heavy atom. The van der Waals surface area contributed by atoms with Crippen LogP contribution in [0.3, 0.4) is 0 Å². The zero-order valence-electron chi connectivity index (χ0n) is 12.9. The molecule has 0 heterocycles. The number of hydrazone groups is 1. The van der Waals surface area contributed by atoms with Crippen LogP contribution in [0.25, 0.3) is 0 Å². The highest BCUT2D eigenvalue weighted by atomic mass is 16.4. The largest absolute Gasteiger partial charge is 0.411 e. The van der Waals surface area contributed by atoms with E-state index in [1.807, 2.05) is 74.5 Å². The number of hydrogen-bond acceptors (Lipinski definition) is 4. The first kappa shape index (κ1) is 15.8. The van der Waals surface area contributed by atoms with Crippen LogP contribution in [-0.4, -0.2) is 22.7 Å². The topological polar surface area (TPSA) is 57.0 Å². The van der Waals surface area contributed by atoms with Gasteiger partial charge in [-0.1, -0.05) is 65.8 Å². The molecule has 2 aromatic rings. The molecule has 0 aliphatic heterocycles. The van der Waals surface area contributed by atoms with Crippen molar-refractivity contribution in [1.82, 2.24) is 5.43 Å². The molecular weight excluding hydrogens is 274 g/mol. The second-order valence-corrected chi connectivity index (χ2v) is 5.21. The van der Waals surface area contributed by atoms with E-state index in [0.29, 0.717) is 12.1 Å². The van der Waals surface area contributed by atoms with Gasteiger partial charge in [0.1, 0.15) is 0 Å². The second-order valence-electron chi connectivity index (χ2n) is 5.21. The third kappa shape index (κ3) is 4.45. The molecule has 1 atom stereocenters. The molecule has 0 spiro atoms. The van der Waals surface area contributed by atoms with Gasteiger partial charge in [0.15, 0.2) is 0 Å². The number of rotatable bonds is 6. The van der Waals surface area contributed by atoms with E-state index in [1.165, 1.54) is 0 Å². The molecule has 22 heavy (non-hydrogen) atoms. The van der Waals surface area contributed by atoms with Crippen molar-refractivity contribution in [2.24, 2.45) is 10.3 Å². The van der Waals surface area contributed by atoms with Crippen LogP contribution in [0.5, 0.6) is 0 Å². The van der Waals surface area contributed by atoms with Crippen LogP contribution < -0.4 is 5.43 Å². The molecule has 4 heteroatoms. The lowest BCUT2D eigenvalue weighted by atomic mass is 10.0.